The molecule has 106 valence electrons. The quantitative estimate of drug-likeness (QED) is 0.417. The predicted octanol–water partition coefficient (Wildman–Crippen LogP) is -1.64. The molecule has 3 amide bonds. The van der Waals surface area contributed by atoms with Crippen molar-refractivity contribution >= 4 is 22.0 Å². The summed E-state index contributed by atoms with van der Waals surface area (Å²) >= 11 is 0. The van der Waals surface area contributed by atoms with Gasteiger partial charge in [-0.2, -0.15) is 0 Å². The van der Waals surface area contributed by atoms with Gasteiger partial charge in [-0.1, -0.05) is 0 Å². The summed E-state index contributed by atoms with van der Waals surface area (Å²) in [4.78, 5) is 22.5. The second-order valence-electron chi connectivity index (χ2n) is 3.69. The summed E-state index contributed by atoms with van der Waals surface area (Å²) in [6, 6.07) is -1.14. The van der Waals surface area contributed by atoms with Gasteiger partial charge >= 0.3 is 6.03 Å². The largest absolute Gasteiger partial charge is 0.338 e. The zero-order chi connectivity index (χ0) is 14.2. The molecule has 0 aromatic carbocycles. The number of rotatable bonds is 7. The van der Waals surface area contributed by atoms with Gasteiger partial charge in [0, 0.05) is 19.6 Å². The molecule has 1 atom stereocenters. The zero-order valence-corrected chi connectivity index (χ0v) is 11.6. The van der Waals surface area contributed by atoms with E-state index in [0.29, 0.717) is 6.54 Å². The maximum Gasteiger partial charge on any atom is 0.321 e. The van der Waals surface area contributed by atoms with E-state index in [1.807, 2.05) is 0 Å². The average Bonchev–Trinajstić information content (AvgIpc) is 2.22. The maximum absolute atomic E-state index is 11.4. The molecule has 0 aromatic rings. The minimum atomic E-state index is -3.22. The summed E-state index contributed by atoms with van der Waals surface area (Å²) in [5.41, 5.74) is 0. The standard InChI is InChI=1S/C9H20N4O4S/c1-4-10-9(15)13-8(14)7(2)11-5-6-12-18(3,16)17/h7,11-12H,4-6H2,1-3H3,(H2,10,13,14,15). The molecule has 1 unspecified atom stereocenters. The van der Waals surface area contributed by atoms with Gasteiger partial charge in [-0.15, -0.1) is 0 Å². The molecule has 0 saturated heterocycles. The summed E-state index contributed by atoms with van der Waals surface area (Å²) in [6.45, 7) is 4.21. The molecule has 0 saturated carbocycles. The predicted molar refractivity (Wildman–Crippen MR) is 67.5 cm³/mol. The highest BCUT2D eigenvalue weighted by molar-refractivity contribution is 7.88. The van der Waals surface area contributed by atoms with Gasteiger partial charge in [0.05, 0.1) is 12.3 Å². The molecule has 18 heavy (non-hydrogen) atoms. The van der Waals surface area contributed by atoms with Crippen LogP contribution in [0.4, 0.5) is 4.79 Å². The third kappa shape index (κ3) is 8.90. The molecule has 0 aliphatic carbocycles. The molecule has 0 heterocycles. The van der Waals surface area contributed by atoms with Crippen LogP contribution < -0.4 is 20.7 Å². The lowest BCUT2D eigenvalue weighted by Crippen LogP contribution is -2.49. The van der Waals surface area contributed by atoms with Crippen molar-refractivity contribution in [2.75, 3.05) is 25.9 Å². The fraction of sp³-hybridized carbons (Fsp3) is 0.778. The zero-order valence-electron chi connectivity index (χ0n) is 10.7. The Hall–Kier alpha value is -1.19. The number of carbonyl (C=O) groups excluding carboxylic acids is 2. The van der Waals surface area contributed by atoms with Crippen LogP contribution in [0.5, 0.6) is 0 Å². The van der Waals surface area contributed by atoms with Crippen molar-refractivity contribution < 1.29 is 18.0 Å². The van der Waals surface area contributed by atoms with E-state index in [1.54, 1.807) is 13.8 Å². The van der Waals surface area contributed by atoms with Gasteiger partial charge in [0.2, 0.25) is 15.9 Å². The number of sulfonamides is 1. The van der Waals surface area contributed by atoms with Gasteiger partial charge in [-0.05, 0) is 13.8 Å². The Labute approximate surface area is 107 Å². The van der Waals surface area contributed by atoms with Crippen LogP contribution in [0.15, 0.2) is 0 Å². The number of amides is 3. The van der Waals surface area contributed by atoms with Crippen LogP contribution >= 0.6 is 0 Å². The van der Waals surface area contributed by atoms with Gasteiger partial charge in [0.25, 0.3) is 0 Å². The van der Waals surface area contributed by atoms with Crippen molar-refractivity contribution in [1.29, 1.82) is 0 Å². The van der Waals surface area contributed by atoms with Crippen LogP contribution in [0.25, 0.3) is 0 Å². The fourth-order valence-electron chi connectivity index (χ4n) is 1.04. The number of hydrogen-bond acceptors (Lipinski definition) is 5. The minimum Gasteiger partial charge on any atom is -0.338 e. The SMILES string of the molecule is CCNC(=O)NC(=O)C(C)NCCNS(C)(=O)=O. The molecule has 4 N–H and O–H groups in total. The number of imide groups is 1. The van der Waals surface area contributed by atoms with Crippen molar-refractivity contribution in [2.24, 2.45) is 0 Å². The second-order valence-corrected chi connectivity index (χ2v) is 5.52. The van der Waals surface area contributed by atoms with E-state index < -0.39 is 28.0 Å². The van der Waals surface area contributed by atoms with Gasteiger partial charge in [-0.25, -0.2) is 17.9 Å². The van der Waals surface area contributed by atoms with Crippen LogP contribution in [0.3, 0.4) is 0 Å². The van der Waals surface area contributed by atoms with Crippen LogP contribution in [0.1, 0.15) is 13.8 Å². The molecule has 8 nitrogen and oxygen atoms in total. The first-order valence-electron chi connectivity index (χ1n) is 5.53. The van der Waals surface area contributed by atoms with Crippen LogP contribution in [-0.4, -0.2) is 52.3 Å². The Morgan fingerprint density at radius 1 is 1.22 bits per heavy atom. The monoisotopic (exact) mass is 280 g/mol. The van der Waals surface area contributed by atoms with Gasteiger partial charge in [0.1, 0.15) is 0 Å². The highest BCUT2D eigenvalue weighted by atomic mass is 32.2. The molecule has 0 aliphatic rings. The number of carbonyl (C=O) groups is 2. The Morgan fingerprint density at radius 2 is 1.83 bits per heavy atom. The van der Waals surface area contributed by atoms with Crippen molar-refractivity contribution in [2.45, 2.75) is 19.9 Å². The van der Waals surface area contributed by atoms with Crippen molar-refractivity contribution in [3.05, 3.63) is 0 Å². The number of nitrogens with one attached hydrogen (secondary N) is 4. The van der Waals surface area contributed by atoms with E-state index in [0.717, 1.165) is 6.26 Å². The minimum absolute atomic E-state index is 0.178. The molecule has 0 aliphatic heterocycles. The lowest BCUT2D eigenvalue weighted by molar-refractivity contribution is -0.121. The summed E-state index contributed by atoms with van der Waals surface area (Å²) in [5.74, 6) is -0.472. The third-order valence-electron chi connectivity index (χ3n) is 1.91. The fourth-order valence-corrected chi connectivity index (χ4v) is 1.52. The summed E-state index contributed by atoms with van der Waals surface area (Å²) < 4.78 is 23.8. The van der Waals surface area contributed by atoms with Crippen molar-refractivity contribution in [3.8, 4) is 0 Å². The Balaban J connectivity index is 3.85. The molecule has 0 aromatic heterocycles. The molecule has 9 heteroatoms. The summed E-state index contributed by atoms with van der Waals surface area (Å²) in [6.07, 6.45) is 1.05. The van der Waals surface area contributed by atoms with E-state index in [9.17, 15) is 18.0 Å². The molecular weight excluding hydrogens is 260 g/mol. The highest BCUT2D eigenvalue weighted by Gasteiger charge is 2.14. The Kier molecular flexibility index (Phi) is 7.48. The number of hydrogen-bond donors (Lipinski definition) is 4. The van der Waals surface area contributed by atoms with Crippen molar-refractivity contribution in [3.63, 3.8) is 0 Å². The van der Waals surface area contributed by atoms with Crippen LogP contribution in [-0.2, 0) is 14.8 Å². The van der Waals surface area contributed by atoms with Gasteiger partial charge < -0.3 is 10.6 Å². The Morgan fingerprint density at radius 3 is 2.33 bits per heavy atom. The lowest BCUT2D eigenvalue weighted by Gasteiger charge is -2.13. The first kappa shape index (κ1) is 16.8. The maximum atomic E-state index is 11.4. The Bertz CT molecular complexity index is 382. The van der Waals surface area contributed by atoms with E-state index in [4.69, 9.17) is 0 Å². The molecule has 0 radical (unpaired) electrons. The second kappa shape index (κ2) is 8.01. The van der Waals surface area contributed by atoms with E-state index >= 15 is 0 Å². The molecule has 0 bridgehead atoms. The van der Waals surface area contributed by atoms with Crippen LogP contribution in [0, 0.1) is 0 Å². The first-order valence-corrected chi connectivity index (χ1v) is 7.42. The molecule has 0 fully saturated rings. The van der Waals surface area contributed by atoms with Crippen LogP contribution in [0.2, 0.25) is 0 Å². The average molecular weight is 280 g/mol. The smallest absolute Gasteiger partial charge is 0.321 e. The van der Waals surface area contributed by atoms with E-state index in [-0.39, 0.29) is 13.1 Å². The molecule has 0 spiro atoms. The molecular formula is C9H20N4O4S. The summed E-state index contributed by atoms with van der Waals surface area (Å²) in [5, 5.41) is 7.36. The molecule has 0 rings (SSSR count). The van der Waals surface area contributed by atoms with E-state index in [1.165, 1.54) is 0 Å². The van der Waals surface area contributed by atoms with Gasteiger partial charge in [-0.3, -0.25) is 10.1 Å². The first-order chi connectivity index (χ1) is 8.26. The van der Waals surface area contributed by atoms with Crippen molar-refractivity contribution in [1.82, 2.24) is 20.7 Å². The topological polar surface area (TPSA) is 116 Å². The number of urea groups is 1. The normalized spacial score (nSPS) is 12.8. The third-order valence-corrected chi connectivity index (χ3v) is 2.64. The lowest BCUT2D eigenvalue weighted by atomic mass is 10.3. The highest BCUT2D eigenvalue weighted by Crippen LogP contribution is 1.82. The van der Waals surface area contributed by atoms with E-state index in [2.05, 4.69) is 20.7 Å². The van der Waals surface area contributed by atoms with Gasteiger partial charge in [0.15, 0.2) is 0 Å². The summed E-state index contributed by atoms with van der Waals surface area (Å²) in [7, 11) is -3.22.